The lowest BCUT2D eigenvalue weighted by Gasteiger charge is -2.27. The molecule has 1 aromatic carbocycles. The summed E-state index contributed by atoms with van der Waals surface area (Å²) in [6.45, 7) is 2.96. The first-order valence-electron chi connectivity index (χ1n) is 6.75. The molecule has 1 saturated heterocycles. The summed E-state index contributed by atoms with van der Waals surface area (Å²) < 4.78 is 0. The Labute approximate surface area is 118 Å². The van der Waals surface area contributed by atoms with Crippen LogP contribution in [0.5, 0.6) is 0 Å². The molecule has 3 amide bonds. The summed E-state index contributed by atoms with van der Waals surface area (Å²) in [6, 6.07) is 6.66. The number of nitrogens with two attached hydrogens (primary N) is 1. The summed E-state index contributed by atoms with van der Waals surface area (Å²) in [7, 11) is 0. The molecular formula is C14H20N4O2. The maximum atomic E-state index is 12.1. The highest BCUT2D eigenvalue weighted by molar-refractivity contribution is 5.93. The van der Waals surface area contributed by atoms with E-state index in [0.717, 1.165) is 25.1 Å². The summed E-state index contributed by atoms with van der Waals surface area (Å²) in [4.78, 5) is 22.9. The molecule has 0 aliphatic carbocycles. The molecule has 5 N–H and O–H groups in total. The number of hydrogen-bond acceptors (Lipinski definition) is 3. The van der Waals surface area contributed by atoms with Crippen LogP contribution in [0.2, 0.25) is 0 Å². The maximum Gasteiger partial charge on any atom is 0.316 e. The predicted molar refractivity (Wildman–Crippen MR) is 78.5 cm³/mol. The minimum absolute atomic E-state index is 0.0500. The molecule has 1 fully saturated rings. The second-order valence-corrected chi connectivity index (χ2v) is 5.13. The lowest BCUT2D eigenvalue weighted by molar-refractivity contribution is -0.120. The van der Waals surface area contributed by atoms with E-state index in [1.54, 1.807) is 24.3 Å². The van der Waals surface area contributed by atoms with Crippen LogP contribution in [0.3, 0.4) is 0 Å². The second kappa shape index (κ2) is 6.38. The van der Waals surface area contributed by atoms with E-state index in [9.17, 15) is 9.59 Å². The van der Waals surface area contributed by atoms with Gasteiger partial charge >= 0.3 is 6.03 Å². The van der Waals surface area contributed by atoms with Crippen LogP contribution < -0.4 is 21.7 Å². The molecule has 1 aliphatic heterocycles. The minimum Gasteiger partial charge on any atom is -0.351 e. The summed E-state index contributed by atoms with van der Waals surface area (Å²) in [5, 5.41) is 8.70. The number of anilines is 2. The first-order valence-corrected chi connectivity index (χ1v) is 6.75. The highest BCUT2D eigenvalue weighted by atomic mass is 16.2. The van der Waals surface area contributed by atoms with Gasteiger partial charge in [-0.1, -0.05) is 0 Å². The summed E-state index contributed by atoms with van der Waals surface area (Å²) in [6.07, 6.45) is 1.71. The predicted octanol–water partition coefficient (Wildman–Crippen LogP) is 1.50. The normalized spacial score (nSPS) is 22.1. The number of hydrogen-bond donors (Lipinski definition) is 4. The monoisotopic (exact) mass is 276 g/mol. The van der Waals surface area contributed by atoms with E-state index in [1.807, 2.05) is 0 Å². The van der Waals surface area contributed by atoms with Crippen LogP contribution in [0.15, 0.2) is 24.3 Å². The van der Waals surface area contributed by atoms with Crippen LogP contribution in [0.1, 0.15) is 19.8 Å². The number of primary amides is 1. The van der Waals surface area contributed by atoms with Crippen molar-refractivity contribution in [3.63, 3.8) is 0 Å². The fraction of sp³-hybridized carbons (Fsp3) is 0.429. The van der Waals surface area contributed by atoms with Gasteiger partial charge in [-0.3, -0.25) is 4.79 Å². The number of rotatable bonds is 3. The van der Waals surface area contributed by atoms with Crippen molar-refractivity contribution in [1.29, 1.82) is 0 Å². The van der Waals surface area contributed by atoms with Crippen molar-refractivity contribution in [1.82, 2.24) is 5.32 Å². The fourth-order valence-corrected chi connectivity index (χ4v) is 2.39. The molecular weight excluding hydrogens is 256 g/mol. The highest BCUT2D eigenvalue weighted by Crippen LogP contribution is 2.19. The van der Waals surface area contributed by atoms with Crippen LogP contribution in [0, 0.1) is 5.92 Å². The molecule has 0 unspecified atom stereocenters. The molecule has 1 aliphatic rings. The van der Waals surface area contributed by atoms with Crippen LogP contribution in [-0.2, 0) is 4.79 Å². The SMILES string of the molecule is C[C@H]1C[C@@H](C(=O)Nc2ccc(NC(N)=O)cc2)CCN1. The Balaban J connectivity index is 1.92. The summed E-state index contributed by atoms with van der Waals surface area (Å²) in [5.74, 6) is 0.101. The van der Waals surface area contributed by atoms with Gasteiger partial charge in [-0.25, -0.2) is 4.79 Å². The number of benzene rings is 1. The van der Waals surface area contributed by atoms with E-state index in [4.69, 9.17) is 5.73 Å². The summed E-state index contributed by atoms with van der Waals surface area (Å²) in [5.41, 5.74) is 6.35. The third kappa shape index (κ3) is 3.96. The minimum atomic E-state index is -0.606. The van der Waals surface area contributed by atoms with Crippen molar-refractivity contribution in [3.05, 3.63) is 24.3 Å². The number of carbonyl (C=O) groups is 2. The Morgan fingerprint density at radius 1 is 1.20 bits per heavy atom. The van der Waals surface area contributed by atoms with Gasteiger partial charge in [0.25, 0.3) is 0 Å². The van der Waals surface area contributed by atoms with Gasteiger partial charge in [0, 0.05) is 23.3 Å². The van der Waals surface area contributed by atoms with E-state index in [2.05, 4.69) is 22.9 Å². The van der Waals surface area contributed by atoms with Crippen molar-refractivity contribution >= 4 is 23.3 Å². The van der Waals surface area contributed by atoms with Crippen molar-refractivity contribution in [2.24, 2.45) is 11.7 Å². The van der Waals surface area contributed by atoms with Crippen LogP contribution in [0.25, 0.3) is 0 Å². The third-order valence-electron chi connectivity index (χ3n) is 3.41. The number of carbonyl (C=O) groups excluding carboxylic acids is 2. The Hall–Kier alpha value is -2.08. The van der Waals surface area contributed by atoms with E-state index in [1.165, 1.54) is 0 Å². The summed E-state index contributed by atoms with van der Waals surface area (Å²) >= 11 is 0. The molecule has 1 heterocycles. The van der Waals surface area contributed by atoms with Crippen molar-refractivity contribution in [2.45, 2.75) is 25.8 Å². The van der Waals surface area contributed by atoms with Gasteiger partial charge < -0.3 is 21.7 Å². The molecule has 0 saturated carbocycles. The Morgan fingerprint density at radius 2 is 1.80 bits per heavy atom. The van der Waals surface area contributed by atoms with Crippen LogP contribution in [0.4, 0.5) is 16.2 Å². The molecule has 1 aromatic rings. The zero-order chi connectivity index (χ0) is 14.5. The number of urea groups is 1. The Bertz CT molecular complexity index is 486. The third-order valence-corrected chi connectivity index (χ3v) is 3.41. The van der Waals surface area contributed by atoms with Crippen molar-refractivity contribution < 1.29 is 9.59 Å². The fourth-order valence-electron chi connectivity index (χ4n) is 2.39. The van der Waals surface area contributed by atoms with Gasteiger partial charge in [0.2, 0.25) is 5.91 Å². The Kier molecular flexibility index (Phi) is 4.57. The molecule has 2 atom stereocenters. The smallest absolute Gasteiger partial charge is 0.316 e. The first-order chi connectivity index (χ1) is 9.54. The molecule has 6 heteroatoms. The van der Waals surface area contributed by atoms with E-state index < -0.39 is 6.03 Å². The molecule has 6 nitrogen and oxygen atoms in total. The van der Waals surface area contributed by atoms with E-state index in [0.29, 0.717) is 11.7 Å². The van der Waals surface area contributed by atoms with Crippen molar-refractivity contribution in [3.8, 4) is 0 Å². The van der Waals surface area contributed by atoms with Crippen molar-refractivity contribution in [2.75, 3.05) is 17.2 Å². The molecule has 2 rings (SSSR count). The van der Waals surface area contributed by atoms with Gasteiger partial charge in [0.1, 0.15) is 0 Å². The second-order valence-electron chi connectivity index (χ2n) is 5.13. The largest absolute Gasteiger partial charge is 0.351 e. The molecule has 0 radical (unpaired) electrons. The molecule has 0 spiro atoms. The zero-order valence-corrected chi connectivity index (χ0v) is 11.5. The molecule has 0 aromatic heterocycles. The zero-order valence-electron chi connectivity index (χ0n) is 11.5. The van der Waals surface area contributed by atoms with E-state index in [-0.39, 0.29) is 11.8 Å². The number of nitrogens with one attached hydrogen (secondary N) is 3. The van der Waals surface area contributed by atoms with E-state index >= 15 is 0 Å². The average Bonchev–Trinajstić information content (AvgIpc) is 2.40. The van der Waals surface area contributed by atoms with Gasteiger partial charge in [0.15, 0.2) is 0 Å². The maximum absolute atomic E-state index is 12.1. The van der Waals surface area contributed by atoms with Gasteiger partial charge in [-0.05, 0) is 50.6 Å². The van der Waals surface area contributed by atoms with Crippen LogP contribution >= 0.6 is 0 Å². The standard InChI is InChI=1S/C14H20N4O2/c1-9-8-10(6-7-16-9)13(19)17-11-2-4-12(5-3-11)18-14(15)20/h2-5,9-10,16H,6-8H2,1H3,(H,17,19)(H3,15,18,20)/t9-,10-/m0/s1. The van der Waals surface area contributed by atoms with Crippen LogP contribution in [-0.4, -0.2) is 24.5 Å². The Morgan fingerprint density at radius 3 is 2.35 bits per heavy atom. The lowest BCUT2D eigenvalue weighted by atomic mass is 9.92. The lowest BCUT2D eigenvalue weighted by Crippen LogP contribution is -2.40. The molecule has 108 valence electrons. The first kappa shape index (κ1) is 14.3. The van der Waals surface area contributed by atoms with Gasteiger partial charge in [0.05, 0.1) is 0 Å². The van der Waals surface area contributed by atoms with Gasteiger partial charge in [-0.15, -0.1) is 0 Å². The number of amides is 3. The number of piperidine rings is 1. The highest BCUT2D eigenvalue weighted by Gasteiger charge is 2.24. The molecule has 0 bridgehead atoms. The van der Waals surface area contributed by atoms with Gasteiger partial charge in [-0.2, -0.15) is 0 Å². The average molecular weight is 276 g/mol. The topological polar surface area (TPSA) is 96.2 Å². The molecule has 20 heavy (non-hydrogen) atoms. The quantitative estimate of drug-likeness (QED) is 0.673.